The lowest BCUT2D eigenvalue weighted by Crippen LogP contribution is -2.25. The van der Waals surface area contributed by atoms with Gasteiger partial charge in [0.1, 0.15) is 5.75 Å². The molecule has 0 amide bonds. The van der Waals surface area contributed by atoms with Gasteiger partial charge in [0.2, 0.25) is 18.1 Å². The van der Waals surface area contributed by atoms with Crippen LogP contribution in [-0.2, 0) is 4.74 Å². The van der Waals surface area contributed by atoms with E-state index in [1.54, 1.807) is 45.0 Å². The van der Waals surface area contributed by atoms with Crippen LogP contribution in [0.2, 0.25) is 0 Å². The minimum absolute atomic E-state index is 0.258. The molecule has 0 aliphatic rings. The Hall–Kier alpha value is -3.42. The molecule has 0 radical (unpaired) electrons. The van der Waals surface area contributed by atoms with Crippen LogP contribution in [0.1, 0.15) is 39.0 Å². The quantitative estimate of drug-likeness (QED) is 0.525. The smallest absolute Gasteiger partial charge is 0.339 e. The van der Waals surface area contributed by atoms with Crippen LogP contribution in [-0.4, -0.2) is 40.1 Å². The van der Waals surface area contributed by atoms with E-state index in [2.05, 4.69) is 15.2 Å². The number of carbonyl (C=O) groups is 2. The summed E-state index contributed by atoms with van der Waals surface area (Å²) in [6.45, 7) is 5.08. The van der Waals surface area contributed by atoms with Crippen molar-refractivity contribution in [1.29, 1.82) is 0 Å². The molecule has 0 spiro atoms. The first kappa shape index (κ1) is 18.4. The zero-order valence-corrected chi connectivity index (χ0v) is 15.4. The van der Waals surface area contributed by atoms with Crippen molar-refractivity contribution in [2.75, 3.05) is 7.11 Å². The second kappa shape index (κ2) is 7.45. The number of ketones is 1. The molecule has 2 heterocycles. The number of ether oxygens (including phenoxy) is 2. The lowest BCUT2D eigenvalue weighted by Gasteiger charge is -2.13. The maximum atomic E-state index is 12.8. The Balaban J connectivity index is 1.75. The lowest BCUT2D eigenvalue weighted by molar-refractivity contribution is 0.0599. The van der Waals surface area contributed by atoms with Crippen molar-refractivity contribution in [1.82, 2.24) is 15.2 Å². The third-order valence-electron chi connectivity index (χ3n) is 4.22. The van der Waals surface area contributed by atoms with Crippen LogP contribution in [0.4, 0.5) is 0 Å². The summed E-state index contributed by atoms with van der Waals surface area (Å²) in [6.07, 6.45) is 0.505. The second-order valence-corrected chi connectivity index (χ2v) is 6.01. The molecule has 0 aliphatic heterocycles. The van der Waals surface area contributed by atoms with Crippen molar-refractivity contribution < 1.29 is 23.5 Å². The summed E-state index contributed by atoms with van der Waals surface area (Å²) in [5.41, 5.74) is 2.59. The molecule has 8 heteroatoms. The van der Waals surface area contributed by atoms with E-state index in [1.165, 1.54) is 13.5 Å². The fraction of sp³-hybridized carbons (Fsp3) is 0.263. The highest BCUT2D eigenvalue weighted by Crippen LogP contribution is 2.23. The molecule has 0 saturated heterocycles. The molecule has 0 fully saturated rings. The number of esters is 1. The minimum Gasteiger partial charge on any atom is -0.483 e. The zero-order valence-electron chi connectivity index (χ0n) is 15.4. The van der Waals surface area contributed by atoms with E-state index in [9.17, 15) is 9.59 Å². The van der Waals surface area contributed by atoms with Crippen molar-refractivity contribution in [3.05, 3.63) is 53.2 Å². The minimum atomic E-state index is -0.749. The van der Waals surface area contributed by atoms with Gasteiger partial charge in [0.15, 0.2) is 6.10 Å². The lowest BCUT2D eigenvalue weighted by atomic mass is 10.1. The van der Waals surface area contributed by atoms with Gasteiger partial charge in [-0.1, -0.05) is 0 Å². The van der Waals surface area contributed by atoms with Crippen molar-refractivity contribution in [2.45, 2.75) is 26.9 Å². The predicted molar refractivity (Wildman–Crippen MR) is 95.8 cm³/mol. The molecular formula is C19H19N3O5. The maximum Gasteiger partial charge on any atom is 0.339 e. The summed E-state index contributed by atoms with van der Waals surface area (Å²) in [4.78, 5) is 27.6. The van der Waals surface area contributed by atoms with Crippen LogP contribution >= 0.6 is 0 Å². The Morgan fingerprint density at radius 3 is 2.48 bits per heavy atom. The van der Waals surface area contributed by atoms with Crippen molar-refractivity contribution >= 4 is 11.8 Å². The molecule has 3 rings (SSSR count). The Morgan fingerprint density at radius 1 is 1.19 bits per heavy atom. The molecule has 0 aliphatic carbocycles. The molecule has 1 aromatic carbocycles. The van der Waals surface area contributed by atoms with E-state index in [4.69, 9.17) is 13.9 Å². The van der Waals surface area contributed by atoms with Crippen LogP contribution in [0.25, 0.3) is 11.5 Å². The van der Waals surface area contributed by atoms with Crippen LogP contribution < -0.4 is 4.74 Å². The molecule has 1 unspecified atom stereocenters. The first-order valence-corrected chi connectivity index (χ1v) is 8.27. The van der Waals surface area contributed by atoms with E-state index in [0.717, 1.165) is 5.56 Å². The first-order chi connectivity index (χ1) is 12.9. The number of methoxy groups -OCH3 is 1. The van der Waals surface area contributed by atoms with Gasteiger partial charge >= 0.3 is 5.97 Å². The summed E-state index contributed by atoms with van der Waals surface area (Å²) >= 11 is 0. The number of nitrogens with zero attached hydrogens (tertiary/aromatic N) is 2. The standard InChI is InChI=1S/C19H19N3O5/c1-10-15(19(24)25-4)11(2)21-16(10)17(23)12(3)27-14-7-5-13(6-8-14)18-22-20-9-26-18/h5-9,12,21H,1-4H3. The Kier molecular flexibility index (Phi) is 5.07. The summed E-state index contributed by atoms with van der Waals surface area (Å²) in [6, 6.07) is 6.96. The normalized spacial score (nSPS) is 11.9. The average Bonchev–Trinajstić information content (AvgIpc) is 3.29. The van der Waals surface area contributed by atoms with E-state index in [-0.39, 0.29) is 5.78 Å². The molecule has 2 aromatic heterocycles. The molecule has 3 aromatic rings. The number of H-pyrrole nitrogens is 1. The van der Waals surface area contributed by atoms with Gasteiger partial charge in [-0.3, -0.25) is 4.79 Å². The van der Waals surface area contributed by atoms with E-state index in [0.29, 0.717) is 34.2 Å². The molecule has 1 atom stereocenters. The van der Waals surface area contributed by atoms with Crippen molar-refractivity contribution in [3.8, 4) is 17.2 Å². The van der Waals surface area contributed by atoms with Crippen molar-refractivity contribution in [3.63, 3.8) is 0 Å². The fourth-order valence-electron chi connectivity index (χ4n) is 2.84. The summed E-state index contributed by atoms with van der Waals surface area (Å²) < 4.78 is 15.6. The summed E-state index contributed by atoms with van der Waals surface area (Å²) in [7, 11) is 1.30. The number of rotatable bonds is 6. The van der Waals surface area contributed by atoms with Gasteiger partial charge in [0, 0.05) is 11.3 Å². The van der Waals surface area contributed by atoms with Crippen LogP contribution in [0, 0.1) is 13.8 Å². The Bertz CT molecular complexity index is 958. The number of hydrogen-bond donors (Lipinski definition) is 1. The molecule has 27 heavy (non-hydrogen) atoms. The number of aromatic nitrogens is 3. The second-order valence-electron chi connectivity index (χ2n) is 6.01. The number of hydrogen-bond acceptors (Lipinski definition) is 7. The molecule has 140 valence electrons. The summed E-state index contributed by atoms with van der Waals surface area (Å²) in [5, 5.41) is 7.47. The molecule has 0 saturated carbocycles. The van der Waals surface area contributed by atoms with Gasteiger partial charge < -0.3 is 18.9 Å². The van der Waals surface area contributed by atoms with Gasteiger partial charge in [-0.2, -0.15) is 0 Å². The summed E-state index contributed by atoms with van der Waals surface area (Å²) in [5.74, 6) is 0.184. The van der Waals surface area contributed by atoms with E-state index < -0.39 is 12.1 Å². The van der Waals surface area contributed by atoms with E-state index in [1.807, 2.05) is 0 Å². The third kappa shape index (κ3) is 3.59. The first-order valence-electron chi connectivity index (χ1n) is 8.27. The molecule has 0 bridgehead atoms. The van der Waals surface area contributed by atoms with Crippen LogP contribution in [0.15, 0.2) is 35.1 Å². The van der Waals surface area contributed by atoms with Gasteiger partial charge in [0.25, 0.3) is 0 Å². The zero-order chi connectivity index (χ0) is 19.6. The van der Waals surface area contributed by atoms with Crippen LogP contribution in [0.5, 0.6) is 5.75 Å². The van der Waals surface area contributed by atoms with Gasteiger partial charge in [0.05, 0.1) is 18.4 Å². The maximum absolute atomic E-state index is 12.8. The Morgan fingerprint density at radius 2 is 1.89 bits per heavy atom. The van der Waals surface area contributed by atoms with Gasteiger partial charge in [-0.05, 0) is 50.6 Å². The number of aromatic amines is 1. The highest BCUT2D eigenvalue weighted by atomic mass is 16.5. The van der Waals surface area contributed by atoms with Crippen LogP contribution in [0.3, 0.4) is 0 Å². The van der Waals surface area contributed by atoms with E-state index >= 15 is 0 Å². The number of aryl methyl sites for hydroxylation is 1. The van der Waals surface area contributed by atoms with Crippen molar-refractivity contribution in [2.24, 2.45) is 0 Å². The predicted octanol–water partition coefficient (Wildman–Crippen LogP) is 3.12. The van der Waals surface area contributed by atoms with Gasteiger partial charge in [-0.15, -0.1) is 10.2 Å². The number of carbonyl (C=O) groups excluding carboxylic acids is 2. The Labute approximate surface area is 155 Å². The third-order valence-corrected chi connectivity index (χ3v) is 4.22. The highest BCUT2D eigenvalue weighted by molar-refractivity contribution is 6.03. The number of benzene rings is 1. The molecule has 8 nitrogen and oxygen atoms in total. The topological polar surface area (TPSA) is 107 Å². The average molecular weight is 369 g/mol. The monoisotopic (exact) mass is 369 g/mol. The molecule has 1 N–H and O–H groups in total. The van der Waals surface area contributed by atoms with Gasteiger partial charge in [-0.25, -0.2) is 4.79 Å². The largest absolute Gasteiger partial charge is 0.483 e. The fourth-order valence-corrected chi connectivity index (χ4v) is 2.84. The number of nitrogens with one attached hydrogen (secondary N) is 1. The highest BCUT2D eigenvalue weighted by Gasteiger charge is 2.26. The number of Topliss-reactive ketones (excluding diaryl/α,β-unsaturated/α-hetero) is 1. The molecular weight excluding hydrogens is 350 g/mol. The SMILES string of the molecule is COC(=O)c1c(C)[nH]c(C(=O)C(C)Oc2ccc(-c3nnco3)cc2)c1C.